The summed E-state index contributed by atoms with van der Waals surface area (Å²) < 4.78 is 13.3. The quantitative estimate of drug-likeness (QED) is 0.502. The molecule has 0 saturated carbocycles. The predicted molar refractivity (Wildman–Crippen MR) is 72.3 cm³/mol. The van der Waals surface area contributed by atoms with Crippen LogP contribution in [-0.4, -0.2) is 12.1 Å². The summed E-state index contributed by atoms with van der Waals surface area (Å²) in [5.41, 5.74) is 9.15. The molecule has 2 aromatic rings. The molecule has 2 rings (SSSR count). The highest BCUT2D eigenvalue weighted by atomic mass is 19.1. The summed E-state index contributed by atoms with van der Waals surface area (Å²) in [6, 6.07) is 12.6. The number of rotatable bonds is 3. The van der Waals surface area contributed by atoms with E-state index < -0.39 is 5.82 Å². The van der Waals surface area contributed by atoms with Gasteiger partial charge >= 0.3 is 0 Å². The Kier molecular flexibility index (Phi) is 3.87. The van der Waals surface area contributed by atoms with Crippen LogP contribution in [0.2, 0.25) is 0 Å². The third kappa shape index (κ3) is 3.38. The number of nitrogens with two attached hydrogens (primary N) is 1. The van der Waals surface area contributed by atoms with Crippen molar-refractivity contribution in [1.82, 2.24) is 5.43 Å². The fourth-order valence-corrected chi connectivity index (χ4v) is 1.44. The van der Waals surface area contributed by atoms with E-state index in [-0.39, 0.29) is 5.91 Å². The van der Waals surface area contributed by atoms with E-state index in [1.807, 2.05) is 0 Å². The number of amides is 1. The third-order valence-electron chi connectivity index (χ3n) is 2.45. The molecule has 3 N–H and O–H groups in total. The van der Waals surface area contributed by atoms with Gasteiger partial charge in [0.1, 0.15) is 5.82 Å². The molecule has 0 unspecified atom stereocenters. The number of carbonyl (C=O) groups is 1. The summed E-state index contributed by atoms with van der Waals surface area (Å²) in [5, 5.41) is 3.71. The van der Waals surface area contributed by atoms with Crippen molar-refractivity contribution >= 4 is 17.8 Å². The second-order valence-corrected chi connectivity index (χ2v) is 3.84. The number of anilines is 1. The van der Waals surface area contributed by atoms with E-state index in [0.717, 1.165) is 0 Å². The minimum atomic E-state index is -0.395. The fourth-order valence-electron chi connectivity index (χ4n) is 1.44. The summed E-state index contributed by atoms with van der Waals surface area (Å²) in [5.74, 6) is -0.777. The molecular weight excluding hydrogens is 245 g/mol. The molecule has 4 nitrogen and oxygen atoms in total. The number of nitrogen functional groups attached to an aromatic ring is 1. The molecule has 0 saturated heterocycles. The van der Waals surface area contributed by atoms with Crippen LogP contribution in [0.4, 0.5) is 10.1 Å². The molecule has 0 aliphatic rings. The van der Waals surface area contributed by atoms with E-state index in [0.29, 0.717) is 16.8 Å². The largest absolute Gasteiger partial charge is 0.399 e. The first kappa shape index (κ1) is 12.8. The Labute approximate surface area is 109 Å². The van der Waals surface area contributed by atoms with Crippen molar-refractivity contribution < 1.29 is 9.18 Å². The van der Waals surface area contributed by atoms with E-state index in [1.54, 1.807) is 42.5 Å². The van der Waals surface area contributed by atoms with Gasteiger partial charge in [0, 0.05) is 16.8 Å². The average Bonchev–Trinajstić information content (AvgIpc) is 2.41. The van der Waals surface area contributed by atoms with Crippen molar-refractivity contribution in [2.24, 2.45) is 5.10 Å². The van der Waals surface area contributed by atoms with E-state index in [4.69, 9.17) is 5.73 Å². The first-order chi connectivity index (χ1) is 9.16. The maximum Gasteiger partial charge on any atom is 0.271 e. The molecule has 0 fully saturated rings. The van der Waals surface area contributed by atoms with Gasteiger partial charge in [0.25, 0.3) is 5.91 Å². The average molecular weight is 257 g/mol. The van der Waals surface area contributed by atoms with Gasteiger partial charge in [-0.1, -0.05) is 18.2 Å². The normalized spacial score (nSPS) is 10.6. The smallest absolute Gasteiger partial charge is 0.271 e. The number of nitrogens with zero attached hydrogens (tertiary/aromatic N) is 1. The highest BCUT2D eigenvalue weighted by Gasteiger charge is 2.03. The molecule has 19 heavy (non-hydrogen) atoms. The molecule has 0 radical (unpaired) electrons. The maximum absolute atomic E-state index is 13.3. The zero-order valence-electron chi connectivity index (χ0n) is 10.0. The number of hydrazone groups is 1. The summed E-state index contributed by atoms with van der Waals surface area (Å²) in [6.45, 7) is 0. The van der Waals surface area contributed by atoms with Crippen LogP contribution in [-0.2, 0) is 0 Å². The van der Waals surface area contributed by atoms with Gasteiger partial charge < -0.3 is 5.73 Å². The lowest BCUT2D eigenvalue weighted by Crippen LogP contribution is -2.17. The first-order valence-corrected chi connectivity index (χ1v) is 5.60. The molecule has 0 heterocycles. The van der Waals surface area contributed by atoms with Gasteiger partial charge in [-0.25, -0.2) is 9.82 Å². The highest BCUT2D eigenvalue weighted by Crippen LogP contribution is 2.05. The Morgan fingerprint density at radius 1 is 1.16 bits per heavy atom. The molecule has 1 amide bonds. The van der Waals surface area contributed by atoms with Crippen LogP contribution >= 0.6 is 0 Å². The van der Waals surface area contributed by atoms with Gasteiger partial charge in [-0.2, -0.15) is 5.10 Å². The van der Waals surface area contributed by atoms with Gasteiger partial charge in [-0.05, 0) is 30.3 Å². The second-order valence-electron chi connectivity index (χ2n) is 3.84. The van der Waals surface area contributed by atoms with Crippen LogP contribution in [0, 0.1) is 5.82 Å². The second kappa shape index (κ2) is 5.77. The van der Waals surface area contributed by atoms with Crippen molar-refractivity contribution in [3.8, 4) is 0 Å². The monoisotopic (exact) mass is 257 g/mol. The van der Waals surface area contributed by atoms with Gasteiger partial charge in [0.15, 0.2) is 0 Å². The van der Waals surface area contributed by atoms with Gasteiger partial charge in [-0.15, -0.1) is 0 Å². The Balaban J connectivity index is 2.01. The van der Waals surface area contributed by atoms with Crippen LogP contribution in [0.3, 0.4) is 0 Å². The summed E-state index contributed by atoms with van der Waals surface area (Å²) >= 11 is 0. The number of hydrogen-bond acceptors (Lipinski definition) is 3. The van der Waals surface area contributed by atoms with Gasteiger partial charge in [0.05, 0.1) is 6.21 Å². The first-order valence-electron chi connectivity index (χ1n) is 5.60. The molecule has 0 bridgehead atoms. The molecule has 0 aliphatic heterocycles. The van der Waals surface area contributed by atoms with Crippen molar-refractivity contribution in [2.45, 2.75) is 0 Å². The highest BCUT2D eigenvalue weighted by molar-refractivity contribution is 5.95. The lowest BCUT2D eigenvalue weighted by Gasteiger charge is -2.00. The number of carbonyl (C=O) groups excluding carboxylic acids is 1. The van der Waals surface area contributed by atoms with E-state index in [2.05, 4.69) is 10.5 Å². The van der Waals surface area contributed by atoms with Crippen LogP contribution in [0.15, 0.2) is 53.6 Å². The standard InChI is InChI=1S/C14H12FN3O/c15-13-4-2-1-3-11(13)9-17-18-14(19)10-5-7-12(16)8-6-10/h1-9H,16H2,(H,18,19). The Hall–Kier alpha value is -2.69. The van der Waals surface area contributed by atoms with Crippen molar-refractivity contribution in [3.63, 3.8) is 0 Å². The minimum Gasteiger partial charge on any atom is -0.399 e. The SMILES string of the molecule is Nc1ccc(C(=O)NN=Cc2ccccc2F)cc1. The lowest BCUT2D eigenvalue weighted by atomic mass is 10.2. The molecule has 5 heteroatoms. The third-order valence-corrected chi connectivity index (χ3v) is 2.45. The summed E-state index contributed by atoms with van der Waals surface area (Å²) in [7, 11) is 0. The van der Waals surface area contributed by atoms with Crippen molar-refractivity contribution in [1.29, 1.82) is 0 Å². The maximum atomic E-state index is 13.3. The van der Waals surface area contributed by atoms with E-state index >= 15 is 0 Å². The van der Waals surface area contributed by atoms with Crippen molar-refractivity contribution in [2.75, 3.05) is 5.73 Å². The molecule has 0 spiro atoms. The van der Waals surface area contributed by atoms with E-state index in [1.165, 1.54) is 12.3 Å². The van der Waals surface area contributed by atoms with Crippen molar-refractivity contribution in [3.05, 3.63) is 65.5 Å². The lowest BCUT2D eigenvalue weighted by molar-refractivity contribution is 0.0955. The molecule has 96 valence electrons. The van der Waals surface area contributed by atoms with Gasteiger partial charge in [0.2, 0.25) is 0 Å². The molecule has 2 aromatic carbocycles. The minimum absolute atomic E-state index is 0.306. The number of benzene rings is 2. The molecular formula is C14H12FN3O. The van der Waals surface area contributed by atoms with Crippen LogP contribution in [0.1, 0.15) is 15.9 Å². The summed E-state index contributed by atoms with van der Waals surface area (Å²) in [6.07, 6.45) is 1.25. The number of nitrogens with one attached hydrogen (secondary N) is 1. The fraction of sp³-hybridized carbons (Fsp3) is 0. The van der Waals surface area contributed by atoms with Gasteiger partial charge in [-0.3, -0.25) is 4.79 Å². The Bertz CT molecular complexity index is 608. The molecule has 0 aliphatic carbocycles. The zero-order valence-corrected chi connectivity index (χ0v) is 10.0. The number of halogens is 1. The predicted octanol–water partition coefficient (Wildman–Crippen LogP) is 2.17. The Morgan fingerprint density at radius 3 is 2.53 bits per heavy atom. The Morgan fingerprint density at radius 2 is 1.84 bits per heavy atom. The van der Waals surface area contributed by atoms with Crippen LogP contribution in [0.5, 0.6) is 0 Å². The topological polar surface area (TPSA) is 67.5 Å². The summed E-state index contributed by atoms with van der Waals surface area (Å²) in [4.78, 5) is 11.7. The van der Waals surface area contributed by atoms with E-state index in [9.17, 15) is 9.18 Å². The molecule has 0 aromatic heterocycles. The van der Waals surface area contributed by atoms with Crippen LogP contribution < -0.4 is 11.2 Å². The number of hydrogen-bond donors (Lipinski definition) is 2. The zero-order chi connectivity index (χ0) is 13.7. The van der Waals surface area contributed by atoms with Crippen LogP contribution in [0.25, 0.3) is 0 Å². The molecule has 0 atom stereocenters.